The number of imide groups is 1. The van der Waals surface area contributed by atoms with Crippen molar-refractivity contribution in [2.75, 3.05) is 5.75 Å². The third-order valence-electron chi connectivity index (χ3n) is 9.25. The topological polar surface area (TPSA) is 132 Å². The number of primary sulfonamides is 1. The Morgan fingerprint density at radius 3 is 2.32 bits per heavy atom. The van der Waals surface area contributed by atoms with Gasteiger partial charge in [-0.1, -0.05) is 12.1 Å². The number of aromatic nitrogens is 2. The molecular formula is C27H34N4O5S. The molecule has 4 saturated carbocycles. The normalized spacial score (nSPS) is 31.5. The summed E-state index contributed by atoms with van der Waals surface area (Å²) in [6.07, 6.45) is 7.44. The largest absolute Gasteiger partial charge is 0.284 e. The molecule has 1 unspecified atom stereocenters. The van der Waals surface area contributed by atoms with Gasteiger partial charge in [0.05, 0.1) is 22.2 Å². The molecule has 0 spiro atoms. The van der Waals surface area contributed by atoms with E-state index in [-0.39, 0.29) is 42.4 Å². The van der Waals surface area contributed by atoms with Gasteiger partial charge < -0.3 is 0 Å². The van der Waals surface area contributed by atoms with Crippen molar-refractivity contribution >= 4 is 32.7 Å². The summed E-state index contributed by atoms with van der Waals surface area (Å²) >= 11 is 0. The Balaban J connectivity index is 1.38. The number of sulfonamides is 1. The molecule has 1 aromatic carbocycles. The number of nitrogens with zero attached hydrogens (tertiary/aromatic N) is 3. The number of nitrogens with two attached hydrogens (primary N) is 1. The SMILES string of the molecule is Cc1nc2cccc(CCCS(N)(=O)=O)c2c(=O)n1C1CCC(=O)N(C23CC4CC(CC(C4)C2)C3)C1=O. The second-order valence-electron chi connectivity index (χ2n) is 11.9. The highest BCUT2D eigenvalue weighted by atomic mass is 32.2. The summed E-state index contributed by atoms with van der Waals surface area (Å²) in [6, 6.07) is 4.57. The Kier molecular flexibility index (Phi) is 5.83. The quantitative estimate of drug-likeness (QED) is 0.576. The Labute approximate surface area is 216 Å². The highest BCUT2D eigenvalue weighted by Gasteiger charge is 2.58. The molecule has 1 aliphatic heterocycles. The lowest BCUT2D eigenvalue weighted by atomic mass is 9.52. The zero-order chi connectivity index (χ0) is 26.1. The number of piperidine rings is 1. The van der Waals surface area contributed by atoms with E-state index in [1.165, 1.54) is 23.8 Å². The molecule has 1 atom stereocenters. The second-order valence-corrected chi connectivity index (χ2v) is 13.6. The van der Waals surface area contributed by atoms with Gasteiger partial charge in [-0.25, -0.2) is 18.5 Å². The molecule has 1 aromatic heterocycles. The first-order valence-corrected chi connectivity index (χ1v) is 15.1. The van der Waals surface area contributed by atoms with Crippen molar-refractivity contribution in [2.45, 2.75) is 82.7 Å². The predicted octanol–water partition coefficient (Wildman–Crippen LogP) is 2.58. The van der Waals surface area contributed by atoms with Gasteiger partial charge in [-0.3, -0.25) is 23.9 Å². The minimum Gasteiger partial charge on any atom is -0.284 e. The summed E-state index contributed by atoms with van der Waals surface area (Å²) in [4.78, 5) is 47.6. The van der Waals surface area contributed by atoms with Crippen LogP contribution >= 0.6 is 0 Å². The van der Waals surface area contributed by atoms with Crippen LogP contribution in [0.15, 0.2) is 23.0 Å². The van der Waals surface area contributed by atoms with Crippen LogP contribution in [0, 0.1) is 24.7 Å². The van der Waals surface area contributed by atoms with Crippen LogP contribution in [-0.2, 0) is 26.0 Å². The number of hydrogen-bond donors (Lipinski definition) is 1. The Morgan fingerprint density at radius 2 is 1.70 bits per heavy atom. The molecule has 198 valence electrons. The summed E-state index contributed by atoms with van der Waals surface area (Å²) in [5.74, 6) is 1.64. The third kappa shape index (κ3) is 4.22. The summed E-state index contributed by atoms with van der Waals surface area (Å²) in [5.41, 5.74) is 0.489. The molecule has 2 amide bonds. The molecule has 0 radical (unpaired) electrons. The summed E-state index contributed by atoms with van der Waals surface area (Å²) < 4.78 is 24.3. The van der Waals surface area contributed by atoms with Gasteiger partial charge in [-0.2, -0.15) is 0 Å². The standard InChI is InChI=1S/C27H34N4O5S/c1-16-29-21-6-2-4-20(5-3-9-37(28,35)36)24(21)26(34)30(16)22-7-8-23(32)31(25(22)33)27-13-17-10-18(14-27)12-19(11-17)15-27/h2,4,6,17-19,22H,3,5,7-15H2,1H3,(H2,28,35,36). The maximum absolute atomic E-state index is 14.1. The number of carbonyl (C=O) groups is 2. The van der Waals surface area contributed by atoms with E-state index in [0.717, 1.165) is 19.3 Å². The van der Waals surface area contributed by atoms with Crippen LogP contribution in [0.4, 0.5) is 0 Å². The minimum atomic E-state index is -3.61. The summed E-state index contributed by atoms with van der Waals surface area (Å²) in [5, 5.41) is 5.55. The van der Waals surface area contributed by atoms with Gasteiger partial charge in [0.15, 0.2) is 0 Å². The molecule has 4 bridgehead atoms. The number of amides is 2. The van der Waals surface area contributed by atoms with Gasteiger partial charge in [0.2, 0.25) is 15.9 Å². The lowest BCUT2D eigenvalue weighted by molar-refractivity contribution is -0.171. The second kappa shape index (κ2) is 8.73. The fourth-order valence-corrected chi connectivity index (χ4v) is 8.85. The number of rotatable bonds is 6. The molecule has 10 heteroatoms. The van der Waals surface area contributed by atoms with Crippen molar-refractivity contribution in [3.8, 4) is 0 Å². The van der Waals surface area contributed by atoms with E-state index in [1.54, 1.807) is 30.0 Å². The lowest BCUT2D eigenvalue weighted by Crippen LogP contribution is -2.65. The van der Waals surface area contributed by atoms with E-state index in [9.17, 15) is 22.8 Å². The average Bonchev–Trinajstić information content (AvgIpc) is 2.78. The molecule has 1 saturated heterocycles. The Bertz CT molecular complexity index is 1430. The molecule has 2 aromatic rings. The molecule has 7 rings (SSSR count). The number of benzene rings is 1. The van der Waals surface area contributed by atoms with Crippen molar-refractivity contribution in [2.24, 2.45) is 22.9 Å². The van der Waals surface area contributed by atoms with E-state index in [1.807, 2.05) is 0 Å². The fourth-order valence-electron chi connectivity index (χ4n) is 8.31. The first-order chi connectivity index (χ1) is 17.5. The average molecular weight is 527 g/mol. The fraction of sp³-hybridized carbons (Fsp3) is 0.630. The molecule has 4 aliphatic carbocycles. The summed E-state index contributed by atoms with van der Waals surface area (Å²) in [7, 11) is -3.61. The predicted molar refractivity (Wildman–Crippen MR) is 138 cm³/mol. The Morgan fingerprint density at radius 1 is 1.05 bits per heavy atom. The molecule has 2 N–H and O–H groups in total. The summed E-state index contributed by atoms with van der Waals surface area (Å²) in [6.45, 7) is 1.73. The first-order valence-electron chi connectivity index (χ1n) is 13.4. The maximum atomic E-state index is 14.1. The highest BCUT2D eigenvalue weighted by Crippen LogP contribution is 2.58. The van der Waals surface area contributed by atoms with E-state index in [0.29, 0.717) is 46.5 Å². The number of aryl methyl sites for hydroxylation is 2. The molecular weight excluding hydrogens is 492 g/mol. The monoisotopic (exact) mass is 526 g/mol. The van der Waals surface area contributed by atoms with Crippen molar-refractivity contribution < 1.29 is 18.0 Å². The van der Waals surface area contributed by atoms with E-state index < -0.39 is 21.6 Å². The van der Waals surface area contributed by atoms with Gasteiger partial charge in [0.1, 0.15) is 11.9 Å². The van der Waals surface area contributed by atoms with E-state index in [2.05, 4.69) is 4.98 Å². The maximum Gasteiger partial charge on any atom is 0.262 e. The molecule has 37 heavy (non-hydrogen) atoms. The van der Waals surface area contributed by atoms with Crippen LogP contribution in [0.3, 0.4) is 0 Å². The van der Waals surface area contributed by atoms with Crippen LogP contribution < -0.4 is 10.7 Å². The van der Waals surface area contributed by atoms with Gasteiger partial charge >= 0.3 is 0 Å². The number of fused-ring (bicyclic) bond motifs is 1. The van der Waals surface area contributed by atoms with Gasteiger partial charge in [0.25, 0.3) is 11.5 Å². The molecule has 2 heterocycles. The van der Waals surface area contributed by atoms with Crippen molar-refractivity contribution in [1.82, 2.24) is 14.5 Å². The number of carbonyl (C=O) groups excluding carboxylic acids is 2. The van der Waals surface area contributed by atoms with Crippen molar-refractivity contribution in [3.05, 3.63) is 39.9 Å². The zero-order valence-corrected chi connectivity index (χ0v) is 22.0. The third-order valence-corrected chi connectivity index (χ3v) is 10.1. The van der Waals surface area contributed by atoms with Gasteiger partial charge in [0, 0.05) is 6.42 Å². The Hall–Kier alpha value is -2.59. The molecule has 5 aliphatic rings. The van der Waals surface area contributed by atoms with Crippen LogP contribution in [-0.4, -0.2) is 46.0 Å². The van der Waals surface area contributed by atoms with Gasteiger partial charge in [-0.05, 0) is 94.1 Å². The first kappa shape index (κ1) is 24.7. The van der Waals surface area contributed by atoms with Crippen molar-refractivity contribution in [1.29, 1.82) is 0 Å². The van der Waals surface area contributed by atoms with Crippen LogP contribution in [0.1, 0.15) is 75.2 Å². The van der Waals surface area contributed by atoms with Crippen LogP contribution in [0.2, 0.25) is 0 Å². The van der Waals surface area contributed by atoms with E-state index in [4.69, 9.17) is 5.14 Å². The lowest BCUT2D eigenvalue weighted by Gasteiger charge is -2.60. The smallest absolute Gasteiger partial charge is 0.262 e. The van der Waals surface area contributed by atoms with Crippen molar-refractivity contribution in [3.63, 3.8) is 0 Å². The minimum absolute atomic E-state index is 0.105. The zero-order valence-electron chi connectivity index (χ0n) is 21.2. The van der Waals surface area contributed by atoms with Crippen LogP contribution in [0.25, 0.3) is 10.9 Å². The number of hydrogen-bond acceptors (Lipinski definition) is 6. The van der Waals surface area contributed by atoms with Crippen LogP contribution in [0.5, 0.6) is 0 Å². The molecule has 5 fully saturated rings. The van der Waals surface area contributed by atoms with Gasteiger partial charge in [-0.15, -0.1) is 0 Å². The number of likely N-dealkylation sites (tertiary alicyclic amines) is 1. The van der Waals surface area contributed by atoms with E-state index >= 15 is 0 Å². The highest BCUT2D eigenvalue weighted by molar-refractivity contribution is 7.89. The molecule has 9 nitrogen and oxygen atoms in total.